The van der Waals surface area contributed by atoms with E-state index in [0.29, 0.717) is 18.1 Å². The fraction of sp³-hybridized carbons (Fsp3) is 0.552. The third-order valence-electron chi connectivity index (χ3n) is 5.65. The van der Waals surface area contributed by atoms with Gasteiger partial charge in [-0.05, 0) is 48.9 Å². The molecule has 0 aromatic heterocycles. The lowest BCUT2D eigenvalue weighted by Gasteiger charge is -2.30. The Kier molecular flexibility index (Phi) is 10.7. The molecule has 0 aliphatic rings. The van der Waals surface area contributed by atoms with Gasteiger partial charge in [0.05, 0.1) is 6.61 Å². The van der Waals surface area contributed by atoms with Gasteiger partial charge in [-0.3, -0.25) is 0 Å². The van der Waals surface area contributed by atoms with Gasteiger partial charge in [0.15, 0.2) is 12.4 Å². The van der Waals surface area contributed by atoms with E-state index in [1.165, 1.54) is 0 Å². The average Bonchev–Trinajstić information content (AvgIpc) is 2.80. The van der Waals surface area contributed by atoms with Crippen LogP contribution in [0.5, 0.6) is 11.5 Å². The molecule has 2 aromatic rings. The van der Waals surface area contributed by atoms with E-state index < -0.39 is 11.6 Å². The van der Waals surface area contributed by atoms with E-state index in [1.807, 2.05) is 25.1 Å². The van der Waals surface area contributed by atoms with Crippen molar-refractivity contribution in [1.82, 2.24) is 0 Å². The molecule has 0 spiro atoms. The number of ether oxygens (including phenoxy) is 4. The first-order valence-electron chi connectivity index (χ1n) is 12.4. The lowest BCUT2D eigenvalue weighted by atomic mass is 9.79. The normalized spacial score (nSPS) is 13.8. The number of thioether (sulfide) groups is 1. The molecular formula is C29H42O6S. The minimum Gasteiger partial charge on any atom is -0.490 e. The Morgan fingerprint density at radius 2 is 1.50 bits per heavy atom. The molecule has 1 unspecified atom stereocenters. The predicted molar refractivity (Wildman–Crippen MR) is 146 cm³/mol. The van der Waals surface area contributed by atoms with Gasteiger partial charge in [0.2, 0.25) is 0 Å². The zero-order valence-electron chi connectivity index (χ0n) is 23.0. The Morgan fingerprint density at radius 1 is 0.917 bits per heavy atom. The zero-order chi connectivity index (χ0) is 27.0. The maximum absolute atomic E-state index is 11.9. The number of carboxylic acids is 1. The van der Waals surface area contributed by atoms with Crippen LogP contribution in [-0.4, -0.2) is 49.0 Å². The van der Waals surface area contributed by atoms with Gasteiger partial charge >= 0.3 is 5.97 Å². The molecule has 7 heteroatoms. The summed E-state index contributed by atoms with van der Waals surface area (Å²) in [4.78, 5) is 13.0. The van der Waals surface area contributed by atoms with E-state index >= 15 is 0 Å². The number of rotatable bonds is 13. The van der Waals surface area contributed by atoms with Crippen molar-refractivity contribution in [3.05, 3.63) is 53.6 Å². The second kappa shape index (κ2) is 12.8. The summed E-state index contributed by atoms with van der Waals surface area (Å²) in [7, 11) is 0. The van der Waals surface area contributed by atoms with E-state index in [2.05, 4.69) is 53.7 Å². The van der Waals surface area contributed by atoms with Gasteiger partial charge in [-0.1, -0.05) is 59.7 Å². The lowest BCUT2D eigenvalue weighted by Crippen LogP contribution is -2.44. The standard InChI is InChI=1S/C29H42O6S/c1-9-32-20-34-25-23(27(2,3)4)17-22(18-24(25)28(5,6)7)36-16-15-35-29(8,26(30)31)19-33-21-13-11-10-12-14-21/h10-14,17-18H,9,15-16,19-20H2,1-8H3,(H,30,31). The first kappa shape index (κ1) is 30.0. The van der Waals surface area contributed by atoms with Crippen molar-refractivity contribution in [1.29, 1.82) is 0 Å². The van der Waals surface area contributed by atoms with E-state index in [4.69, 9.17) is 18.9 Å². The fourth-order valence-electron chi connectivity index (χ4n) is 3.47. The minimum absolute atomic E-state index is 0.0782. The van der Waals surface area contributed by atoms with Gasteiger partial charge in [0.25, 0.3) is 0 Å². The van der Waals surface area contributed by atoms with Crippen molar-refractivity contribution in [3.63, 3.8) is 0 Å². The monoisotopic (exact) mass is 518 g/mol. The van der Waals surface area contributed by atoms with Crippen LogP contribution in [0.2, 0.25) is 0 Å². The molecule has 0 bridgehead atoms. The lowest BCUT2D eigenvalue weighted by molar-refractivity contribution is -0.166. The number of para-hydroxylation sites is 1. The molecule has 0 heterocycles. The third-order valence-corrected chi connectivity index (χ3v) is 6.59. The third kappa shape index (κ3) is 8.71. The van der Waals surface area contributed by atoms with E-state index in [9.17, 15) is 9.90 Å². The molecule has 6 nitrogen and oxygen atoms in total. The summed E-state index contributed by atoms with van der Waals surface area (Å²) in [5, 5.41) is 9.76. The van der Waals surface area contributed by atoms with Crippen molar-refractivity contribution >= 4 is 17.7 Å². The topological polar surface area (TPSA) is 74.2 Å². The SMILES string of the molecule is CCOCOc1c(C(C)(C)C)cc(SCCOC(C)(COc2ccccc2)C(=O)O)cc1C(C)(C)C. The smallest absolute Gasteiger partial charge is 0.339 e. The largest absolute Gasteiger partial charge is 0.490 e. The maximum Gasteiger partial charge on any atom is 0.339 e. The Hall–Kier alpha value is -2.22. The minimum atomic E-state index is -1.44. The van der Waals surface area contributed by atoms with Crippen LogP contribution >= 0.6 is 11.8 Å². The first-order valence-corrected chi connectivity index (χ1v) is 13.3. The van der Waals surface area contributed by atoms with Crippen molar-refractivity contribution in [3.8, 4) is 11.5 Å². The summed E-state index contributed by atoms with van der Waals surface area (Å²) in [5.41, 5.74) is 0.520. The fourth-order valence-corrected chi connectivity index (χ4v) is 4.27. The van der Waals surface area contributed by atoms with Gasteiger partial charge in [-0.15, -0.1) is 11.8 Å². The van der Waals surface area contributed by atoms with Gasteiger partial charge in [-0.25, -0.2) is 4.79 Å². The molecule has 0 saturated heterocycles. The molecule has 0 aliphatic carbocycles. The molecule has 0 fully saturated rings. The highest BCUT2D eigenvalue weighted by Gasteiger charge is 2.35. The highest BCUT2D eigenvalue weighted by atomic mass is 32.2. The van der Waals surface area contributed by atoms with Crippen molar-refractivity contribution in [2.45, 2.75) is 76.7 Å². The maximum atomic E-state index is 11.9. The summed E-state index contributed by atoms with van der Waals surface area (Å²) in [6.45, 7) is 17.5. The van der Waals surface area contributed by atoms with Crippen molar-refractivity contribution in [2.75, 3.05) is 32.4 Å². The van der Waals surface area contributed by atoms with Crippen LogP contribution < -0.4 is 9.47 Å². The molecular weight excluding hydrogens is 476 g/mol. The Balaban J connectivity index is 2.15. The van der Waals surface area contributed by atoms with Crippen LogP contribution in [-0.2, 0) is 25.1 Å². The molecule has 1 atom stereocenters. The summed E-state index contributed by atoms with van der Waals surface area (Å²) in [5.74, 6) is 1.03. The number of hydrogen-bond donors (Lipinski definition) is 1. The Morgan fingerprint density at radius 3 is 2.00 bits per heavy atom. The second-order valence-electron chi connectivity index (χ2n) is 10.9. The number of carbonyl (C=O) groups is 1. The van der Waals surface area contributed by atoms with Crippen LogP contribution in [0.15, 0.2) is 47.4 Å². The van der Waals surface area contributed by atoms with Crippen LogP contribution in [0.3, 0.4) is 0 Å². The zero-order valence-corrected chi connectivity index (χ0v) is 23.8. The Labute approximate surface area is 220 Å². The summed E-state index contributed by atoms with van der Waals surface area (Å²) in [6.07, 6.45) is 0. The van der Waals surface area contributed by atoms with Crippen LogP contribution in [0, 0.1) is 0 Å². The van der Waals surface area contributed by atoms with E-state index in [-0.39, 0.29) is 30.8 Å². The molecule has 2 aromatic carbocycles. The molecule has 0 saturated carbocycles. The molecule has 0 aliphatic heterocycles. The summed E-state index contributed by atoms with van der Waals surface area (Å²) >= 11 is 1.64. The number of benzene rings is 2. The van der Waals surface area contributed by atoms with Crippen LogP contribution in [0.1, 0.15) is 66.5 Å². The summed E-state index contributed by atoms with van der Waals surface area (Å²) in [6, 6.07) is 13.5. The van der Waals surface area contributed by atoms with Crippen LogP contribution in [0.4, 0.5) is 0 Å². The molecule has 36 heavy (non-hydrogen) atoms. The van der Waals surface area contributed by atoms with E-state index in [1.54, 1.807) is 30.8 Å². The first-order chi connectivity index (χ1) is 16.8. The Bertz CT molecular complexity index is 942. The molecule has 0 radical (unpaired) electrons. The quantitative estimate of drug-likeness (QED) is 0.180. The van der Waals surface area contributed by atoms with Crippen LogP contribution in [0.25, 0.3) is 0 Å². The second-order valence-corrected chi connectivity index (χ2v) is 12.1. The van der Waals surface area contributed by atoms with Crippen molar-refractivity contribution < 1.29 is 28.8 Å². The van der Waals surface area contributed by atoms with Gasteiger partial charge in [-0.2, -0.15) is 0 Å². The highest BCUT2D eigenvalue weighted by molar-refractivity contribution is 7.99. The number of carboxylic acid groups (broad SMARTS) is 1. The van der Waals surface area contributed by atoms with Crippen molar-refractivity contribution in [2.24, 2.45) is 0 Å². The van der Waals surface area contributed by atoms with Gasteiger partial charge in [0, 0.05) is 28.4 Å². The van der Waals surface area contributed by atoms with Gasteiger partial charge in [0.1, 0.15) is 18.1 Å². The number of aliphatic carboxylic acids is 1. The molecule has 0 amide bonds. The molecule has 1 N–H and O–H groups in total. The molecule has 200 valence electrons. The highest BCUT2D eigenvalue weighted by Crippen LogP contribution is 2.42. The average molecular weight is 519 g/mol. The number of hydrogen-bond acceptors (Lipinski definition) is 6. The van der Waals surface area contributed by atoms with Gasteiger partial charge < -0.3 is 24.1 Å². The van der Waals surface area contributed by atoms with E-state index in [0.717, 1.165) is 21.8 Å². The summed E-state index contributed by atoms with van der Waals surface area (Å²) < 4.78 is 23.1. The predicted octanol–water partition coefficient (Wildman–Crippen LogP) is 6.69. The molecule has 2 rings (SSSR count).